The second-order valence-electron chi connectivity index (χ2n) is 4.97. The van der Waals surface area contributed by atoms with Crippen LogP contribution in [0.25, 0.3) is 0 Å². The predicted molar refractivity (Wildman–Crippen MR) is 76.4 cm³/mol. The zero-order chi connectivity index (χ0) is 16.0. The van der Waals surface area contributed by atoms with Gasteiger partial charge in [0.2, 0.25) is 5.91 Å². The number of nitrogens with two attached hydrogens (primary N) is 1. The van der Waals surface area contributed by atoms with Crippen molar-refractivity contribution < 1.29 is 19.5 Å². The third-order valence-corrected chi connectivity index (χ3v) is 3.03. The molecule has 114 valence electrons. The molecule has 0 spiro atoms. The number of carbonyl (C=O) groups is 3. The highest BCUT2D eigenvalue weighted by molar-refractivity contribution is 5.87. The fraction of sp³-hybridized carbons (Fsp3) is 0.357. The number of rotatable bonds is 6. The standard InChI is InChI=1S/C14H19N3O4/c1-9(8-11(15)18)16-13(21)17-14(2,12(19)20)10-6-4-3-5-7-10/h3-7,9H,8H2,1-2H3,(H2,15,18)(H,19,20)(H2,16,17,21). The van der Waals surface area contributed by atoms with Gasteiger partial charge in [-0.2, -0.15) is 0 Å². The molecule has 0 saturated carbocycles. The van der Waals surface area contributed by atoms with Gasteiger partial charge in [0, 0.05) is 12.5 Å². The summed E-state index contributed by atoms with van der Waals surface area (Å²) in [5.41, 5.74) is 3.90. The fourth-order valence-corrected chi connectivity index (χ4v) is 1.86. The van der Waals surface area contributed by atoms with Gasteiger partial charge in [-0.3, -0.25) is 4.79 Å². The summed E-state index contributed by atoms with van der Waals surface area (Å²) >= 11 is 0. The maximum Gasteiger partial charge on any atom is 0.333 e. The molecule has 7 nitrogen and oxygen atoms in total. The first-order valence-electron chi connectivity index (χ1n) is 6.41. The summed E-state index contributed by atoms with van der Waals surface area (Å²) in [6, 6.07) is 7.18. The maximum absolute atomic E-state index is 11.9. The number of primary amides is 1. The molecule has 0 aromatic heterocycles. The zero-order valence-electron chi connectivity index (χ0n) is 11.9. The minimum Gasteiger partial charge on any atom is -0.479 e. The summed E-state index contributed by atoms with van der Waals surface area (Å²) in [6.07, 6.45) is -0.0253. The molecule has 1 aromatic carbocycles. The second-order valence-corrected chi connectivity index (χ2v) is 4.97. The quantitative estimate of drug-likeness (QED) is 0.611. The lowest BCUT2D eigenvalue weighted by molar-refractivity contribution is -0.144. The van der Waals surface area contributed by atoms with Gasteiger partial charge in [0.15, 0.2) is 5.54 Å². The van der Waals surface area contributed by atoms with E-state index in [1.165, 1.54) is 6.92 Å². The highest BCUT2D eigenvalue weighted by atomic mass is 16.4. The van der Waals surface area contributed by atoms with Gasteiger partial charge >= 0.3 is 12.0 Å². The molecule has 3 amide bonds. The number of benzene rings is 1. The Hall–Kier alpha value is -2.57. The van der Waals surface area contributed by atoms with Crippen molar-refractivity contribution in [3.63, 3.8) is 0 Å². The zero-order valence-corrected chi connectivity index (χ0v) is 11.9. The summed E-state index contributed by atoms with van der Waals surface area (Å²) in [5.74, 6) is -1.74. The van der Waals surface area contributed by atoms with E-state index in [9.17, 15) is 19.5 Å². The van der Waals surface area contributed by atoms with Crippen molar-refractivity contribution in [3.05, 3.63) is 35.9 Å². The molecule has 1 aromatic rings. The Morgan fingerprint density at radius 3 is 2.33 bits per heavy atom. The van der Waals surface area contributed by atoms with Crippen LogP contribution in [0.15, 0.2) is 30.3 Å². The molecule has 0 saturated heterocycles. The van der Waals surface area contributed by atoms with Crippen molar-refractivity contribution in [2.24, 2.45) is 5.73 Å². The van der Waals surface area contributed by atoms with Crippen molar-refractivity contribution in [2.75, 3.05) is 0 Å². The highest BCUT2D eigenvalue weighted by Gasteiger charge is 2.37. The molecule has 5 N–H and O–H groups in total. The maximum atomic E-state index is 11.9. The monoisotopic (exact) mass is 293 g/mol. The van der Waals surface area contributed by atoms with E-state index < -0.39 is 29.5 Å². The Kier molecular flexibility index (Phi) is 5.29. The predicted octanol–water partition coefficient (Wildman–Crippen LogP) is 0.550. The number of hydrogen-bond acceptors (Lipinski definition) is 3. The van der Waals surface area contributed by atoms with Gasteiger partial charge in [0.25, 0.3) is 0 Å². The molecule has 1 rings (SSSR count). The van der Waals surface area contributed by atoms with E-state index in [4.69, 9.17) is 5.73 Å². The topological polar surface area (TPSA) is 122 Å². The minimum absolute atomic E-state index is 0.0253. The Balaban J connectivity index is 2.82. The summed E-state index contributed by atoms with van der Waals surface area (Å²) in [7, 11) is 0. The third kappa shape index (κ3) is 4.48. The molecule has 0 aliphatic carbocycles. The molecule has 2 atom stereocenters. The molecular formula is C14H19N3O4. The first kappa shape index (κ1) is 16.5. The van der Waals surface area contributed by atoms with Crippen molar-refractivity contribution in [1.82, 2.24) is 10.6 Å². The average molecular weight is 293 g/mol. The summed E-state index contributed by atoms with van der Waals surface area (Å²) < 4.78 is 0. The molecule has 0 aliphatic heterocycles. The number of carboxylic acid groups (broad SMARTS) is 1. The normalized spacial score (nSPS) is 14.6. The molecule has 0 radical (unpaired) electrons. The molecule has 0 aliphatic rings. The van der Waals surface area contributed by atoms with Crippen LogP contribution in [0.2, 0.25) is 0 Å². The minimum atomic E-state index is -1.57. The van der Waals surface area contributed by atoms with Gasteiger partial charge in [-0.1, -0.05) is 30.3 Å². The van der Waals surface area contributed by atoms with E-state index in [2.05, 4.69) is 10.6 Å². The van der Waals surface area contributed by atoms with E-state index in [1.54, 1.807) is 37.3 Å². The summed E-state index contributed by atoms with van der Waals surface area (Å²) in [4.78, 5) is 34.2. The highest BCUT2D eigenvalue weighted by Crippen LogP contribution is 2.20. The molecule has 0 heterocycles. The van der Waals surface area contributed by atoms with Crippen LogP contribution in [-0.2, 0) is 15.1 Å². The van der Waals surface area contributed by atoms with Gasteiger partial charge in [0.1, 0.15) is 0 Å². The van der Waals surface area contributed by atoms with Crippen LogP contribution in [0.4, 0.5) is 4.79 Å². The van der Waals surface area contributed by atoms with Crippen molar-refractivity contribution in [2.45, 2.75) is 31.8 Å². The largest absolute Gasteiger partial charge is 0.479 e. The Morgan fingerprint density at radius 1 is 1.29 bits per heavy atom. The van der Waals surface area contributed by atoms with Crippen LogP contribution >= 0.6 is 0 Å². The first-order chi connectivity index (χ1) is 9.75. The van der Waals surface area contributed by atoms with Crippen LogP contribution in [-0.4, -0.2) is 29.1 Å². The van der Waals surface area contributed by atoms with E-state index in [0.717, 1.165) is 0 Å². The number of hydrogen-bond donors (Lipinski definition) is 4. The number of carbonyl (C=O) groups excluding carboxylic acids is 2. The van der Waals surface area contributed by atoms with Gasteiger partial charge < -0.3 is 21.5 Å². The van der Waals surface area contributed by atoms with E-state index in [-0.39, 0.29) is 6.42 Å². The van der Waals surface area contributed by atoms with Crippen LogP contribution in [0.1, 0.15) is 25.8 Å². The Bertz CT molecular complexity index is 532. The molecule has 2 unspecified atom stereocenters. The lowest BCUT2D eigenvalue weighted by Crippen LogP contribution is -2.54. The van der Waals surface area contributed by atoms with Gasteiger partial charge in [-0.05, 0) is 19.4 Å². The van der Waals surface area contributed by atoms with Crippen LogP contribution < -0.4 is 16.4 Å². The molecule has 21 heavy (non-hydrogen) atoms. The van der Waals surface area contributed by atoms with E-state index >= 15 is 0 Å². The third-order valence-electron chi connectivity index (χ3n) is 3.03. The fourth-order valence-electron chi connectivity index (χ4n) is 1.86. The van der Waals surface area contributed by atoms with E-state index in [1.807, 2.05) is 0 Å². The van der Waals surface area contributed by atoms with Crippen LogP contribution in [0, 0.1) is 0 Å². The lowest BCUT2D eigenvalue weighted by Gasteiger charge is -2.27. The number of amides is 3. The van der Waals surface area contributed by atoms with E-state index in [0.29, 0.717) is 5.56 Å². The average Bonchev–Trinajstić information content (AvgIpc) is 2.37. The van der Waals surface area contributed by atoms with Crippen molar-refractivity contribution >= 4 is 17.9 Å². The Labute approximate surface area is 122 Å². The number of nitrogens with one attached hydrogen (secondary N) is 2. The second kappa shape index (κ2) is 6.74. The van der Waals surface area contributed by atoms with Crippen molar-refractivity contribution in [1.29, 1.82) is 0 Å². The SMILES string of the molecule is CC(CC(N)=O)NC(=O)NC(C)(C(=O)O)c1ccccc1. The van der Waals surface area contributed by atoms with Gasteiger partial charge in [0.05, 0.1) is 0 Å². The smallest absolute Gasteiger partial charge is 0.333 e. The molecule has 7 heteroatoms. The summed E-state index contributed by atoms with van der Waals surface area (Å²) in [6.45, 7) is 2.99. The molecule has 0 bridgehead atoms. The van der Waals surface area contributed by atoms with Crippen LogP contribution in [0.5, 0.6) is 0 Å². The number of carboxylic acids is 1. The number of aliphatic carboxylic acids is 1. The van der Waals surface area contributed by atoms with Gasteiger partial charge in [-0.15, -0.1) is 0 Å². The molecular weight excluding hydrogens is 274 g/mol. The molecule has 0 fully saturated rings. The first-order valence-corrected chi connectivity index (χ1v) is 6.41. The van der Waals surface area contributed by atoms with Crippen molar-refractivity contribution in [3.8, 4) is 0 Å². The number of urea groups is 1. The summed E-state index contributed by atoms with van der Waals surface area (Å²) in [5, 5.41) is 14.3. The van der Waals surface area contributed by atoms with Gasteiger partial charge in [-0.25, -0.2) is 9.59 Å². The Morgan fingerprint density at radius 2 is 1.86 bits per heavy atom. The van der Waals surface area contributed by atoms with Crippen LogP contribution in [0.3, 0.4) is 0 Å². The lowest BCUT2D eigenvalue weighted by atomic mass is 9.92.